The topological polar surface area (TPSA) is 96.5 Å². The van der Waals surface area contributed by atoms with Gasteiger partial charge in [-0.1, -0.05) is 30.3 Å². The van der Waals surface area contributed by atoms with Gasteiger partial charge in [-0.05, 0) is 23.8 Å². The summed E-state index contributed by atoms with van der Waals surface area (Å²) in [6.45, 7) is 0. The van der Waals surface area contributed by atoms with Crippen molar-refractivity contribution in [2.75, 3.05) is 14.2 Å². The monoisotopic (exact) mass is 353 g/mol. The molecule has 7 nitrogen and oxygen atoms in total. The molecule has 0 spiro atoms. The van der Waals surface area contributed by atoms with Crippen molar-refractivity contribution >= 4 is 5.91 Å². The number of rotatable bonds is 6. The summed E-state index contributed by atoms with van der Waals surface area (Å²) in [6.07, 6.45) is -0.0269. The molecule has 7 heteroatoms. The molecule has 1 heterocycles. The number of carbonyl (C=O) groups excluding carboxylic acids is 1. The van der Waals surface area contributed by atoms with E-state index >= 15 is 0 Å². The van der Waals surface area contributed by atoms with Crippen molar-refractivity contribution in [3.05, 3.63) is 54.1 Å². The van der Waals surface area contributed by atoms with E-state index in [1.165, 1.54) is 0 Å². The average molecular weight is 353 g/mol. The molecule has 134 valence electrons. The summed E-state index contributed by atoms with van der Waals surface area (Å²) in [5.74, 6) is 0.641. The Morgan fingerprint density at radius 1 is 1.08 bits per heavy atom. The van der Waals surface area contributed by atoms with E-state index in [-0.39, 0.29) is 6.42 Å². The summed E-state index contributed by atoms with van der Waals surface area (Å²) >= 11 is 0. The van der Waals surface area contributed by atoms with Crippen LogP contribution in [0.5, 0.6) is 11.5 Å². The first kappa shape index (κ1) is 17.5. The number of hydrogen-bond donors (Lipinski definition) is 3. The third-order valence-electron chi connectivity index (χ3n) is 4.05. The summed E-state index contributed by atoms with van der Waals surface area (Å²) < 4.78 is 10.6. The predicted molar refractivity (Wildman–Crippen MR) is 96.2 cm³/mol. The second-order valence-corrected chi connectivity index (χ2v) is 5.57. The molecule has 0 aliphatic heterocycles. The maximum atomic E-state index is 11.8. The van der Waals surface area contributed by atoms with E-state index in [4.69, 9.17) is 14.7 Å². The van der Waals surface area contributed by atoms with E-state index in [1.54, 1.807) is 31.8 Å². The number of aromatic nitrogens is 2. The number of H-pyrrole nitrogens is 1. The maximum absolute atomic E-state index is 11.8. The number of hydrogen-bond acceptors (Lipinski definition) is 5. The zero-order chi connectivity index (χ0) is 18.5. The lowest BCUT2D eigenvalue weighted by molar-refractivity contribution is -0.128. The zero-order valence-electron chi connectivity index (χ0n) is 14.4. The third-order valence-corrected chi connectivity index (χ3v) is 4.05. The Bertz CT molecular complexity index is 906. The predicted octanol–water partition coefficient (Wildman–Crippen LogP) is 2.81. The number of carbonyl (C=O) groups is 1. The number of hydroxylamine groups is 1. The molecule has 0 aliphatic rings. The molecule has 0 unspecified atom stereocenters. The normalized spacial score (nSPS) is 10.4. The summed E-state index contributed by atoms with van der Waals surface area (Å²) in [5.41, 5.74) is 5.34. The molecule has 3 aromatic rings. The highest BCUT2D eigenvalue weighted by Crippen LogP contribution is 2.35. The van der Waals surface area contributed by atoms with Crippen molar-refractivity contribution in [1.82, 2.24) is 15.7 Å². The van der Waals surface area contributed by atoms with Crippen LogP contribution >= 0.6 is 0 Å². The third kappa shape index (κ3) is 3.38. The van der Waals surface area contributed by atoms with Gasteiger partial charge in [-0.2, -0.15) is 5.10 Å². The number of nitrogens with one attached hydrogen (secondary N) is 2. The molecule has 0 saturated carbocycles. The summed E-state index contributed by atoms with van der Waals surface area (Å²) in [4.78, 5) is 11.8. The van der Waals surface area contributed by atoms with E-state index in [0.717, 1.165) is 16.8 Å². The molecule has 1 aromatic heterocycles. The Labute approximate surface area is 150 Å². The first-order chi connectivity index (χ1) is 12.7. The first-order valence-electron chi connectivity index (χ1n) is 7.96. The first-order valence-corrected chi connectivity index (χ1v) is 7.96. The Hall–Kier alpha value is -3.32. The number of benzene rings is 2. The highest BCUT2D eigenvalue weighted by atomic mass is 16.5. The largest absolute Gasteiger partial charge is 0.493 e. The van der Waals surface area contributed by atoms with Crippen molar-refractivity contribution in [3.8, 4) is 34.0 Å². The van der Waals surface area contributed by atoms with Gasteiger partial charge in [0.15, 0.2) is 11.5 Å². The van der Waals surface area contributed by atoms with Gasteiger partial charge < -0.3 is 9.47 Å². The molecule has 26 heavy (non-hydrogen) atoms. The van der Waals surface area contributed by atoms with Gasteiger partial charge in [0.25, 0.3) is 0 Å². The SMILES string of the molecule is COc1ccc(-c2n[nH]c(-c3ccccc3)c2CC(=O)NO)cc1OC. The minimum absolute atomic E-state index is 0.0269. The molecular formula is C19H19N3O4. The Kier molecular flexibility index (Phi) is 5.19. The number of nitrogens with zero attached hydrogens (tertiary/aromatic N) is 1. The van der Waals surface area contributed by atoms with E-state index in [9.17, 15) is 4.79 Å². The fraction of sp³-hybridized carbons (Fsp3) is 0.158. The second kappa shape index (κ2) is 7.71. The van der Waals surface area contributed by atoms with Gasteiger partial charge in [-0.3, -0.25) is 15.1 Å². The van der Waals surface area contributed by atoms with Gasteiger partial charge in [0.05, 0.1) is 32.0 Å². The molecule has 0 bridgehead atoms. The number of methoxy groups -OCH3 is 2. The minimum atomic E-state index is -0.523. The highest BCUT2D eigenvalue weighted by molar-refractivity contribution is 5.85. The number of amides is 1. The molecule has 3 rings (SSSR count). The molecule has 0 aliphatic carbocycles. The van der Waals surface area contributed by atoms with Gasteiger partial charge >= 0.3 is 0 Å². The standard InChI is InChI=1S/C19H19N3O4/c1-25-15-9-8-13(10-16(15)26-2)19-14(11-17(23)22-24)18(20-21-19)12-6-4-3-5-7-12/h3-10,24H,11H2,1-2H3,(H,20,21)(H,22,23). The van der Waals surface area contributed by atoms with E-state index in [1.807, 2.05) is 36.4 Å². The van der Waals surface area contributed by atoms with Gasteiger partial charge in [-0.15, -0.1) is 0 Å². The smallest absolute Gasteiger partial charge is 0.247 e. The van der Waals surface area contributed by atoms with Gasteiger partial charge in [0, 0.05) is 11.1 Å². The Balaban J connectivity index is 2.12. The lowest BCUT2D eigenvalue weighted by Crippen LogP contribution is -2.21. The highest BCUT2D eigenvalue weighted by Gasteiger charge is 2.20. The summed E-state index contributed by atoms with van der Waals surface area (Å²) in [5, 5.41) is 16.3. The zero-order valence-corrected chi connectivity index (χ0v) is 14.4. The molecule has 2 aromatic carbocycles. The van der Waals surface area contributed by atoms with Crippen LogP contribution < -0.4 is 15.0 Å². The molecule has 1 amide bonds. The summed E-state index contributed by atoms with van der Waals surface area (Å²) in [6, 6.07) is 15.0. The van der Waals surface area contributed by atoms with Crippen molar-refractivity contribution in [3.63, 3.8) is 0 Å². The molecule has 0 radical (unpaired) electrons. The van der Waals surface area contributed by atoms with Crippen LogP contribution in [0.15, 0.2) is 48.5 Å². The van der Waals surface area contributed by atoms with Crippen molar-refractivity contribution in [2.24, 2.45) is 0 Å². The van der Waals surface area contributed by atoms with Crippen LogP contribution in [0.4, 0.5) is 0 Å². The van der Waals surface area contributed by atoms with E-state index < -0.39 is 5.91 Å². The van der Waals surface area contributed by atoms with Crippen LogP contribution in [0.2, 0.25) is 0 Å². The number of aromatic amines is 1. The van der Waals surface area contributed by atoms with Gasteiger partial charge in [0.1, 0.15) is 0 Å². The van der Waals surface area contributed by atoms with E-state index in [2.05, 4.69) is 10.2 Å². The Morgan fingerprint density at radius 2 is 1.81 bits per heavy atom. The van der Waals surface area contributed by atoms with Crippen LogP contribution in [0.3, 0.4) is 0 Å². The van der Waals surface area contributed by atoms with Crippen LogP contribution in [-0.2, 0) is 11.2 Å². The van der Waals surface area contributed by atoms with Gasteiger partial charge in [-0.25, -0.2) is 5.48 Å². The fourth-order valence-electron chi connectivity index (χ4n) is 2.80. The minimum Gasteiger partial charge on any atom is -0.493 e. The molecular weight excluding hydrogens is 334 g/mol. The van der Waals surface area contributed by atoms with Crippen LogP contribution in [0.1, 0.15) is 5.56 Å². The second-order valence-electron chi connectivity index (χ2n) is 5.57. The molecule has 3 N–H and O–H groups in total. The van der Waals surface area contributed by atoms with Crippen molar-refractivity contribution in [1.29, 1.82) is 0 Å². The lowest BCUT2D eigenvalue weighted by Gasteiger charge is -2.10. The lowest BCUT2D eigenvalue weighted by atomic mass is 9.99. The van der Waals surface area contributed by atoms with Crippen LogP contribution in [0, 0.1) is 0 Å². The fourth-order valence-corrected chi connectivity index (χ4v) is 2.80. The molecule has 0 fully saturated rings. The maximum Gasteiger partial charge on any atom is 0.247 e. The Morgan fingerprint density at radius 3 is 2.46 bits per heavy atom. The van der Waals surface area contributed by atoms with Crippen LogP contribution in [-0.4, -0.2) is 35.5 Å². The van der Waals surface area contributed by atoms with Crippen LogP contribution in [0.25, 0.3) is 22.5 Å². The van der Waals surface area contributed by atoms with Gasteiger partial charge in [0.2, 0.25) is 5.91 Å². The van der Waals surface area contributed by atoms with Crippen molar-refractivity contribution < 1.29 is 19.5 Å². The average Bonchev–Trinajstić information content (AvgIpc) is 3.11. The summed E-state index contributed by atoms with van der Waals surface area (Å²) in [7, 11) is 3.12. The molecule has 0 saturated heterocycles. The number of ether oxygens (including phenoxy) is 2. The quantitative estimate of drug-likeness (QED) is 0.468. The molecule has 0 atom stereocenters. The van der Waals surface area contributed by atoms with E-state index in [0.29, 0.717) is 22.8 Å². The van der Waals surface area contributed by atoms with Crippen molar-refractivity contribution in [2.45, 2.75) is 6.42 Å².